The lowest BCUT2D eigenvalue weighted by Gasteiger charge is -2.19. The zero-order valence-corrected chi connectivity index (χ0v) is 11.8. The molecular formula is C12H21N3O2S. The second-order valence-electron chi connectivity index (χ2n) is 4.52. The third-order valence-electron chi connectivity index (χ3n) is 3.40. The van der Waals surface area contributed by atoms with E-state index in [0.717, 1.165) is 12.8 Å². The molecule has 0 aromatic heterocycles. The second kappa shape index (κ2) is 6.13. The fourth-order valence-corrected chi connectivity index (χ4v) is 2.19. The fourth-order valence-electron chi connectivity index (χ4n) is 1.90. The van der Waals surface area contributed by atoms with Crippen LogP contribution in [0.1, 0.15) is 33.1 Å². The first-order chi connectivity index (χ1) is 8.47. The number of carbonyl (C=O) groups is 2. The van der Waals surface area contributed by atoms with Crippen LogP contribution in [0.4, 0.5) is 0 Å². The minimum atomic E-state index is -0.631. The standard InChI is InChI=1S/C12H21N3O2S/c1-3-15(4-2)9(16)5-8-14-11(17)12(6-7-12)10(13)18/h3-8H2,1-2H3,(H2,13,18)(H,14,17). The highest BCUT2D eigenvalue weighted by atomic mass is 32.1. The lowest BCUT2D eigenvalue weighted by molar-refractivity contribution is -0.130. The molecule has 2 amide bonds. The van der Waals surface area contributed by atoms with Gasteiger partial charge in [-0.2, -0.15) is 0 Å². The monoisotopic (exact) mass is 271 g/mol. The first kappa shape index (κ1) is 14.9. The summed E-state index contributed by atoms with van der Waals surface area (Å²) in [4.78, 5) is 25.6. The van der Waals surface area contributed by atoms with Crippen LogP contribution in [0.2, 0.25) is 0 Å². The summed E-state index contributed by atoms with van der Waals surface area (Å²) in [6.45, 7) is 5.61. The highest BCUT2D eigenvalue weighted by Gasteiger charge is 2.52. The first-order valence-electron chi connectivity index (χ1n) is 6.34. The number of hydrogen-bond acceptors (Lipinski definition) is 3. The molecule has 0 spiro atoms. The van der Waals surface area contributed by atoms with Gasteiger partial charge in [0.05, 0.1) is 10.4 Å². The van der Waals surface area contributed by atoms with E-state index in [4.69, 9.17) is 18.0 Å². The average Bonchev–Trinajstić information content (AvgIpc) is 3.11. The van der Waals surface area contributed by atoms with Crippen LogP contribution >= 0.6 is 12.2 Å². The van der Waals surface area contributed by atoms with Crippen molar-refractivity contribution in [1.29, 1.82) is 0 Å². The molecule has 5 nitrogen and oxygen atoms in total. The van der Waals surface area contributed by atoms with Crippen molar-refractivity contribution in [2.24, 2.45) is 11.1 Å². The van der Waals surface area contributed by atoms with E-state index in [1.807, 2.05) is 13.8 Å². The van der Waals surface area contributed by atoms with E-state index in [1.54, 1.807) is 4.90 Å². The molecule has 0 bridgehead atoms. The number of carbonyl (C=O) groups excluding carboxylic acids is 2. The Hall–Kier alpha value is -1.17. The normalized spacial score (nSPS) is 15.9. The molecule has 0 atom stereocenters. The quantitative estimate of drug-likeness (QED) is 0.658. The molecule has 0 aromatic carbocycles. The molecule has 6 heteroatoms. The molecule has 0 unspecified atom stereocenters. The van der Waals surface area contributed by atoms with E-state index in [0.29, 0.717) is 26.1 Å². The van der Waals surface area contributed by atoms with Crippen LogP contribution in [-0.2, 0) is 9.59 Å². The Labute approximate surface area is 113 Å². The zero-order valence-electron chi connectivity index (χ0n) is 11.0. The summed E-state index contributed by atoms with van der Waals surface area (Å²) >= 11 is 4.89. The molecule has 0 saturated heterocycles. The number of thiocarbonyl (C=S) groups is 1. The lowest BCUT2D eigenvalue weighted by atomic mass is 10.1. The van der Waals surface area contributed by atoms with Gasteiger partial charge in [-0.05, 0) is 26.7 Å². The van der Waals surface area contributed by atoms with E-state index in [-0.39, 0.29) is 16.8 Å². The van der Waals surface area contributed by atoms with Crippen molar-refractivity contribution in [2.45, 2.75) is 33.1 Å². The van der Waals surface area contributed by atoms with Gasteiger partial charge in [0.25, 0.3) is 0 Å². The van der Waals surface area contributed by atoms with Gasteiger partial charge < -0.3 is 16.0 Å². The molecule has 102 valence electrons. The SMILES string of the molecule is CCN(CC)C(=O)CCNC(=O)C1(C(N)=S)CC1. The zero-order chi connectivity index (χ0) is 13.8. The minimum Gasteiger partial charge on any atom is -0.392 e. The van der Waals surface area contributed by atoms with Crippen molar-refractivity contribution in [3.63, 3.8) is 0 Å². The average molecular weight is 271 g/mol. The Morgan fingerprint density at radius 3 is 2.28 bits per heavy atom. The van der Waals surface area contributed by atoms with E-state index in [1.165, 1.54) is 0 Å². The largest absolute Gasteiger partial charge is 0.392 e. The fraction of sp³-hybridized carbons (Fsp3) is 0.750. The molecular weight excluding hydrogens is 250 g/mol. The van der Waals surface area contributed by atoms with Crippen LogP contribution in [0.3, 0.4) is 0 Å². The van der Waals surface area contributed by atoms with Crippen LogP contribution in [0.5, 0.6) is 0 Å². The van der Waals surface area contributed by atoms with Crippen molar-refractivity contribution < 1.29 is 9.59 Å². The summed E-state index contributed by atoms with van der Waals surface area (Å²) in [6, 6.07) is 0. The smallest absolute Gasteiger partial charge is 0.233 e. The van der Waals surface area contributed by atoms with Gasteiger partial charge in [-0.3, -0.25) is 9.59 Å². The Kier molecular flexibility index (Phi) is 5.07. The minimum absolute atomic E-state index is 0.0560. The van der Waals surface area contributed by atoms with Crippen molar-refractivity contribution in [2.75, 3.05) is 19.6 Å². The maximum atomic E-state index is 11.9. The van der Waals surface area contributed by atoms with Gasteiger partial charge in [-0.25, -0.2) is 0 Å². The Balaban J connectivity index is 2.32. The molecule has 0 aliphatic heterocycles. The molecule has 18 heavy (non-hydrogen) atoms. The van der Waals surface area contributed by atoms with Crippen LogP contribution in [0, 0.1) is 5.41 Å². The molecule has 0 radical (unpaired) electrons. The molecule has 0 heterocycles. The molecule has 1 saturated carbocycles. The van der Waals surface area contributed by atoms with Gasteiger partial charge in [0.15, 0.2) is 0 Å². The Bertz CT molecular complexity index is 349. The van der Waals surface area contributed by atoms with Crippen molar-refractivity contribution >= 4 is 29.0 Å². The van der Waals surface area contributed by atoms with Crippen LogP contribution < -0.4 is 11.1 Å². The summed E-state index contributed by atoms with van der Waals surface area (Å²) in [7, 11) is 0. The summed E-state index contributed by atoms with van der Waals surface area (Å²) in [5.41, 5.74) is 4.92. The number of rotatable bonds is 7. The lowest BCUT2D eigenvalue weighted by Crippen LogP contribution is -2.41. The van der Waals surface area contributed by atoms with Gasteiger partial charge in [0.2, 0.25) is 11.8 Å². The van der Waals surface area contributed by atoms with Crippen LogP contribution in [0.25, 0.3) is 0 Å². The van der Waals surface area contributed by atoms with E-state index in [9.17, 15) is 9.59 Å². The first-order valence-corrected chi connectivity index (χ1v) is 6.74. The summed E-state index contributed by atoms with van der Waals surface area (Å²) in [5, 5.41) is 2.75. The summed E-state index contributed by atoms with van der Waals surface area (Å²) in [5.74, 6) is -0.0807. The van der Waals surface area contributed by atoms with Crippen LogP contribution in [-0.4, -0.2) is 41.3 Å². The summed E-state index contributed by atoms with van der Waals surface area (Å²) in [6.07, 6.45) is 1.76. The molecule has 3 N–H and O–H groups in total. The van der Waals surface area contributed by atoms with E-state index >= 15 is 0 Å². The Morgan fingerprint density at radius 1 is 1.33 bits per heavy atom. The number of nitrogens with one attached hydrogen (secondary N) is 1. The van der Waals surface area contributed by atoms with E-state index in [2.05, 4.69) is 5.32 Å². The number of amides is 2. The molecule has 0 aromatic rings. The third-order valence-corrected chi connectivity index (χ3v) is 3.79. The maximum absolute atomic E-state index is 11.9. The highest BCUT2D eigenvalue weighted by molar-refractivity contribution is 7.80. The number of nitrogens with two attached hydrogens (primary N) is 1. The number of nitrogens with zero attached hydrogens (tertiary/aromatic N) is 1. The summed E-state index contributed by atoms with van der Waals surface area (Å²) < 4.78 is 0. The third kappa shape index (κ3) is 3.19. The molecule has 1 fully saturated rings. The molecule has 1 aliphatic carbocycles. The number of hydrogen-bond donors (Lipinski definition) is 2. The maximum Gasteiger partial charge on any atom is 0.233 e. The van der Waals surface area contributed by atoms with Gasteiger partial charge >= 0.3 is 0 Å². The molecule has 1 rings (SSSR count). The Morgan fingerprint density at radius 2 is 1.89 bits per heavy atom. The van der Waals surface area contributed by atoms with Crippen molar-refractivity contribution in [3.05, 3.63) is 0 Å². The van der Waals surface area contributed by atoms with Crippen LogP contribution in [0.15, 0.2) is 0 Å². The van der Waals surface area contributed by atoms with Gasteiger partial charge in [-0.1, -0.05) is 12.2 Å². The van der Waals surface area contributed by atoms with Crippen molar-refractivity contribution in [1.82, 2.24) is 10.2 Å². The van der Waals surface area contributed by atoms with Crippen molar-refractivity contribution in [3.8, 4) is 0 Å². The van der Waals surface area contributed by atoms with Gasteiger partial charge in [-0.15, -0.1) is 0 Å². The van der Waals surface area contributed by atoms with Gasteiger partial charge in [0, 0.05) is 26.1 Å². The predicted octanol–water partition coefficient (Wildman–Crippen LogP) is 0.427. The second-order valence-corrected chi connectivity index (χ2v) is 4.96. The van der Waals surface area contributed by atoms with Gasteiger partial charge in [0.1, 0.15) is 0 Å². The topological polar surface area (TPSA) is 75.4 Å². The molecule has 1 aliphatic rings. The van der Waals surface area contributed by atoms with E-state index < -0.39 is 5.41 Å². The predicted molar refractivity (Wildman–Crippen MR) is 74.0 cm³/mol. The highest BCUT2D eigenvalue weighted by Crippen LogP contribution is 2.46.